The van der Waals surface area contributed by atoms with Crippen LogP contribution in [0.5, 0.6) is 0 Å². The van der Waals surface area contributed by atoms with Crippen LogP contribution in [0.25, 0.3) is 0 Å². The molecule has 2 heterocycles. The summed E-state index contributed by atoms with van der Waals surface area (Å²) in [5, 5.41) is 0. The molecular weight excluding hydrogens is 184 g/mol. The van der Waals surface area contributed by atoms with Crippen molar-refractivity contribution in [2.75, 3.05) is 0 Å². The van der Waals surface area contributed by atoms with E-state index in [1.54, 1.807) is 0 Å². The first kappa shape index (κ1) is 10.1. The van der Waals surface area contributed by atoms with Gasteiger partial charge in [0.1, 0.15) is 0 Å². The van der Waals surface area contributed by atoms with Crippen molar-refractivity contribution in [2.24, 2.45) is 0 Å². The van der Waals surface area contributed by atoms with Crippen molar-refractivity contribution < 1.29 is 0 Å². The van der Waals surface area contributed by atoms with E-state index in [4.69, 9.17) is 0 Å². The molecule has 2 heteroatoms. The van der Waals surface area contributed by atoms with Crippen molar-refractivity contribution in [3.05, 3.63) is 46.0 Å². The molecule has 0 aromatic carbocycles. The minimum atomic E-state index is 0.972. The second kappa shape index (κ2) is 3.61. The Morgan fingerprint density at radius 2 is 1.20 bits per heavy atom. The molecule has 2 rings (SSSR count). The van der Waals surface area contributed by atoms with Crippen molar-refractivity contribution in [3.8, 4) is 0 Å². The summed E-state index contributed by atoms with van der Waals surface area (Å²) >= 11 is 0. The van der Waals surface area contributed by atoms with E-state index in [-0.39, 0.29) is 0 Å². The van der Waals surface area contributed by atoms with Crippen LogP contribution in [-0.2, 0) is 6.42 Å². The van der Waals surface area contributed by atoms with Gasteiger partial charge in [0.2, 0.25) is 0 Å². The molecule has 2 aromatic heterocycles. The van der Waals surface area contributed by atoms with Gasteiger partial charge in [-0.3, -0.25) is 0 Å². The Morgan fingerprint density at radius 3 is 1.47 bits per heavy atom. The molecule has 0 unspecified atom stereocenters. The number of H-pyrrole nitrogens is 2. The number of aromatic amines is 2. The normalized spacial score (nSPS) is 10.9. The maximum Gasteiger partial charge on any atom is 0.0283 e. The molecule has 15 heavy (non-hydrogen) atoms. The van der Waals surface area contributed by atoms with E-state index in [1.807, 2.05) is 0 Å². The van der Waals surface area contributed by atoms with Gasteiger partial charge in [0.15, 0.2) is 0 Å². The van der Waals surface area contributed by atoms with Crippen LogP contribution in [0, 0.1) is 27.7 Å². The van der Waals surface area contributed by atoms with Crippen LogP contribution in [0.2, 0.25) is 0 Å². The van der Waals surface area contributed by atoms with E-state index in [9.17, 15) is 0 Å². The van der Waals surface area contributed by atoms with Crippen LogP contribution in [0.1, 0.15) is 33.6 Å². The molecule has 0 fully saturated rings. The lowest BCUT2D eigenvalue weighted by molar-refractivity contribution is 1.02. The fourth-order valence-corrected chi connectivity index (χ4v) is 1.84. The highest BCUT2D eigenvalue weighted by atomic mass is 14.7. The van der Waals surface area contributed by atoms with Crippen LogP contribution in [0.15, 0.2) is 12.4 Å². The molecule has 0 aliphatic heterocycles. The monoisotopic (exact) mass is 202 g/mol. The largest absolute Gasteiger partial charge is 0.364 e. The van der Waals surface area contributed by atoms with E-state index >= 15 is 0 Å². The molecule has 0 aliphatic carbocycles. The maximum absolute atomic E-state index is 3.34. The second-order valence-corrected chi connectivity index (χ2v) is 4.33. The van der Waals surface area contributed by atoms with Gasteiger partial charge in [-0.2, -0.15) is 0 Å². The Labute approximate surface area is 90.7 Å². The van der Waals surface area contributed by atoms with Crippen LogP contribution in [0.4, 0.5) is 0 Å². The molecule has 0 saturated carbocycles. The summed E-state index contributed by atoms with van der Waals surface area (Å²) in [6.45, 7) is 8.63. The van der Waals surface area contributed by atoms with Gasteiger partial charge >= 0.3 is 0 Å². The number of hydrogen-bond acceptors (Lipinski definition) is 0. The van der Waals surface area contributed by atoms with Gasteiger partial charge in [0, 0.05) is 30.2 Å². The molecule has 0 aliphatic rings. The van der Waals surface area contributed by atoms with Crippen molar-refractivity contribution in [1.82, 2.24) is 9.97 Å². The third kappa shape index (κ3) is 1.72. The molecule has 2 nitrogen and oxygen atoms in total. The number of hydrogen-bond donors (Lipinski definition) is 2. The Balaban J connectivity index is 2.29. The summed E-state index contributed by atoms with van der Waals surface area (Å²) in [6, 6.07) is 0. The van der Waals surface area contributed by atoms with E-state index in [1.165, 1.54) is 33.6 Å². The fourth-order valence-electron chi connectivity index (χ4n) is 1.84. The molecule has 0 amide bonds. The smallest absolute Gasteiger partial charge is 0.0283 e. The summed E-state index contributed by atoms with van der Waals surface area (Å²) < 4.78 is 0. The lowest BCUT2D eigenvalue weighted by Gasteiger charge is -2.01. The molecule has 0 spiro atoms. The van der Waals surface area contributed by atoms with Gasteiger partial charge in [-0.25, -0.2) is 0 Å². The summed E-state index contributed by atoms with van der Waals surface area (Å²) in [4.78, 5) is 6.68. The topological polar surface area (TPSA) is 31.6 Å². The van der Waals surface area contributed by atoms with E-state index in [2.05, 4.69) is 50.1 Å². The zero-order chi connectivity index (χ0) is 11.0. The minimum Gasteiger partial charge on any atom is -0.364 e. The highest BCUT2D eigenvalue weighted by Crippen LogP contribution is 2.18. The minimum absolute atomic E-state index is 0.972. The standard InChI is InChI=1S/C13H18N2/c1-8-6-14-12(10(8)3)5-13-11(4)9(2)7-15-13/h6-7,14-15H,5H2,1-4H3. The zero-order valence-electron chi connectivity index (χ0n) is 9.86. The molecule has 0 radical (unpaired) electrons. The average Bonchev–Trinajstić information content (AvgIpc) is 2.68. The Morgan fingerprint density at radius 1 is 0.800 bits per heavy atom. The second-order valence-electron chi connectivity index (χ2n) is 4.33. The summed E-state index contributed by atoms with van der Waals surface area (Å²) in [5.41, 5.74) is 8.06. The molecule has 0 saturated heterocycles. The lowest BCUT2D eigenvalue weighted by atomic mass is 10.1. The number of nitrogens with one attached hydrogen (secondary N) is 2. The first-order valence-corrected chi connectivity index (χ1v) is 5.36. The van der Waals surface area contributed by atoms with Gasteiger partial charge in [-0.05, 0) is 49.9 Å². The molecule has 0 atom stereocenters. The predicted octanol–water partition coefficient (Wildman–Crippen LogP) is 3.17. The van der Waals surface area contributed by atoms with Gasteiger partial charge in [-0.15, -0.1) is 0 Å². The maximum atomic E-state index is 3.34. The SMILES string of the molecule is Cc1c[nH]c(Cc2[nH]cc(C)c2C)c1C. The highest BCUT2D eigenvalue weighted by molar-refractivity contribution is 5.35. The third-order valence-corrected chi connectivity index (χ3v) is 3.37. The fraction of sp³-hybridized carbons (Fsp3) is 0.385. The molecule has 2 N–H and O–H groups in total. The highest BCUT2D eigenvalue weighted by Gasteiger charge is 2.08. The van der Waals surface area contributed by atoms with Gasteiger partial charge < -0.3 is 9.97 Å². The van der Waals surface area contributed by atoms with E-state index < -0.39 is 0 Å². The van der Waals surface area contributed by atoms with Gasteiger partial charge in [-0.1, -0.05) is 0 Å². The lowest BCUT2D eigenvalue weighted by Crippen LogP contribution is -1.93. The number of rotatable bonds is 2. The quantitative estimate of drug-likeness (QED) is 0.749. The molecular formula is C13H18N2. The predicted molar refractivity (Wildman–Crippen MR) is 63.3 cm³/mol. The van der Waals surface area contributed by atoms with Crippen LogP contribution < -0.4 is 0 Å². The van der Waals surface area contributed by atoms with Crippen LogP contribution in [-0.4, -0.2) is 9.97 Å². The number of aryl methyl sites for hydroxylation is 2. The van der Waals surface area contributed by atoms with E-state index in [0.29, 0.717) is 0 Å². The zero-order valence-corrected chi connectivity index (χ0v) is 9.86. The molecule has 80 valence electrons. The first-order chi connectivity index (χ1) is 7.09. The van der Waals surface area contributed by atoms with Gasteiger partial charge in [0.25, 0.3) is 0 Å². The summed E-state index contributed by atoms with van der Waals surface area (Å²) in [6.07, 6.45) is 5.13. The average molecular weight is 202 g/mol. The van der Waals surface area contributed by atoms with Crippen LogP contribution >= 0.6 is 0 Å². The van der Waals surface area contributed by atoms with Gasteiger partial charge in [0.05, 0.1) is 0 Å². The Hall–Kier alpha value is -1.44. The summed E-state index contributed by atoms with van der Waals surface area (Å²) in [5.74, 6) is 0. The van der Waals surface area contributed by atoms with Crippen LogP contribution in [0.3, 0.4) is 0 Å². The van der Waals surface area contributed by atoms with Crippen molar-refractivity contribution >= 4 is 0 Å². The summed E-state index contributed by atoms with van der Waals surface area (Å²) in [7, 11) is 0. The van der Waals surface area contributed by atoms with Crippen molar-refractivity contribution in [3.63, 3.8) is 0 Å². The van der Waals surface area contributed by atoms with E-state index in [0.717, 1.165) is 6.42 Å². The molecule has 2 aromatic rings. The first-order valence-electron chi connectivity index (χ1n) is 5.36. The Bertz CT molecular complexity index is 430. The Kier molecular flexibility index (Phi) is 2.43. The third-order valence-electron chi connectivity index (χ3n) is 3.37. The van der Waals surface area contributed by atoms with Crippen molar-refractivity contribution in [1.29, 1.82) is 0 Å². The molecule has 0 bridgehead atoms. The van der Waals surface area contributed by atoms with Crippen molar-refractivity contribution in [2.45, 2.75) is 34.1 Å². The number of aromatic nitrogens is 2.